The lowest BCUT2D eigenvalue weighted by atomic mass is 10.1. The first-order valence-electron chi connectivity index (χ1n) is 8.85. The fourth-order valence-corrected chi connectivity index (χ4v) is 4.06. The van der Waals surface area contributed by atoms with Crippen LogP contribution in [0.4, 0.5) is 15.8 Å². The summed E-state index contributed by atoms with van der Waals surface area (Å²) in [6.07, 6.45) is -0.110. The van der Waals surface area contributed by atoms with Gasteiger partial charge in [0.2, 0.25) is 0 Å². The summed E-state index contributed by atoms with van der Waals surface area (Å²) in [4.78, 5) is 12.4. The van der Waals surface area contributed by atoms with Crippen molar-refractivity contribution in [1.82, 2.24) is 0 Å². The molecule has 0 aliphatic carbocycles. The second-order valence-corrected chi connectivity index (χ2v) is 8.23. The predicted molar refractivity (Wildman–Crippen MR) is 107 cm³/mol. The van der Waals surface area contributed by atoms with E-state index in [9.17, 15) is 17.6 Å². The number of ether oxygens (including phenoxy) is 1. The highest BCUT2D eigenvalue weighted by atomic mass is 32.2. The van der Waals surface area contributed by atoms with E-state index >= 15 is 0 Å². The Morgan fingerprint density at radius 3 is 2.28 bits per heavy atom. The van der Waals surface area contributed by atoms with Crippen molar-refractivity contribution >= 4 is 27.3 Å². The van der Waals surface area contributed by atoms with Crippen LogP contribution in [0.3, 0.4) is 0 Å². The molecular weight excluding hydrogens is 395 g/mol. The predicted octanol–water partition coefficient (Wildman–Crippen LogP) is 3.57. The van der Waals surface area contributed by atoms with Gasteiger partial charge in [0.05, 0.1) is 4.90 Å². The van der Waals surface area contributed by atoms with Gasteiger partial charge in [-0.05, 0) is 60.2 Å². The van der Waals surface area contributed by atoms with Crippen LogP contribution in [-0.4, -0.2) is 20.4 Å². The highest BCUT2D eigenvalue weighted by Crippen LogP contribution is 2.29. The van der Waals surface area contributed by atoms with Gasteiger partial charge >= 0.3 is 0 Å². The normalized spacial score (nSPS) is 15.3. The molecule has 1 aliphatic heterocycles. The number of sulfonamides is 1. The molecule has 1 heterocycles. The summed E-state index contributed by atoms with van der Waals surface area (Å²) in [5.41, 5.74) is 1.81. The van der Waals surface area contributed by atoms with Crippen LogP contribution >= 0.6 is 0 Å². The molecule has 6 nitrogen and oxygen atoms in total. The molecule has 0 aromatic heterocycles. The summed E-state index contributed by atoms with van der Waals surface area (Å²) in [5, 5.41) is 2.76. The molecule has 1 aliphatic rings. The first-order chi connectivity index (χ1) is 13.9. The molecule has 8 heteroatoms. The van der Waals surface area contributed by atoms with E-state index in [0.29, 0.717) is 23.5 Å². The number of nitrogens with one attached hydrogen (secondary N) is 2. The number of anilines is 2. The van der Waals surface area contributed by atoms with Gasteiger partial charge in [0.15, 0.2) is 6.10 Å². The molecule has 4 rings (SSSR count). The SMILES string of the molecule is O=C(Nc1ccc(NS(=O)(=O)c2ccc(F)cc2)cc1)[C@H]1Cc2ccccc2O1. The van der Waals surface area contributed by atoms with Gasteiger partial charge in [-0.25, -0.2) is 12.8 Å². The van der Waals surface area contributed by atoms with E-state index in [1.54, 1.807) is 12.1 Å². The van der Waals surface area contributed by atoms with Gasteiger partial charge in [-0.1, -0.05) is 18.2 Å². The van der Waals surface area contributed by atoms with Crippen molar-refractivity contribution in [3.05, 3.63) is 84.2 Å². The summed E-state index contributed by atoms with van der Waals surface area (Å²) in [6, 6.07) is 18.3. The molecule has 29 heavy (non-hydrogen) atoms. The zero-order chi connectivity index (χ0) is 20.4. The molecule has 0 spiro atoms. The van der Waals surface area contributed by atoms with Gasteiger partial charge < -0.3 is 10.1 Å². The fourth-order valence-electron chi connectivity index (χ4n) is 3.00. The number of para-hydroxylation sites is 1. The molecule has 0 fully saturated rings. The molecule has 0 saturated carbocycles. The van der Waals surface area contributed by atoms with Gasteiger partial charge in [-0.2, -0.15) is 0 Å². The van der Waals surface area contributed by atoms with Gasteiger partial charge in [0, 0.05) is 17.8 Å². The lowest BCUT2D eigenvalue weighted by Crippen LogP contribution is -2.31. The Balaban J connectivity index is 1.39. The van der Waals surface area contributed by atoms with Gasteiger partial charge in [-0.3, -0.25) is 9.52 Å². The molecule has 2 N–H and O–H groups in total. The second kappa shape index (κ2) is 7.56. The van der Waals surface area contributed by atoms with E-state index in [-0.39, 0.29) is 10.8 Å². The molecular formula is C21H17FN2O4S. The number of carbonyl (C=O) groups is 1. The van der Waals surface area contributed by atoms with Gasteiger partial charge in [0.25, 0.3) is 15.9 Å². The molecule has 1 atom stereocenters. The Morgan fingerprint density at radius 1 is 0.931 bits per heavy atom. The zero-order valence-corrected chi connectivity index (χ0v) is 15.9. The average molecular weight is 412 g/mol. The van der Waals surface area contributed by atoms with Crippen LogP contribution in [0.1, 0.15) is 5.56 Å². The summed E-state index contributed by atoms with van der Waals surface area (Å²) < 4.78 is 45.7. The molecule has 3 aromatic rings. The summed E-state index contributed by atoms with van der Waals surface area (Å²) >= 11 is 0. The van der Waals surface area contributed by atoms with Crippen LogP contribution in [0.15, 0.2) is 77.7 Å². The quantitative estimate of drug-likeness (QED) is 0.671. The minimum absolute atomic E-state index is 0.0470. The van der Waals surface area contributed by atoms with Crippen molar-refractivity contribution in [2.24, 2.45) is 0 Å². The Morgan fingerprint density at radius 2 is 1.59 bits per heavy atom. The maximum Gasteiger partial charge on any atom is 0.265 e. The molecule has 1 amide bonds. The average Bonchev–Trinajstić information content (AvgIpc) is 3.14. The van der Waals surface area contributed by atoms with Crippen molar-refractivity contribution in [2.45, 2.75) is 17.4 Å². The largest absolute Gasteiger partial charge is 0.480 e. The number of carbonyl (C=O) groups excluding carboxylic acids is 1. The van der Waals surface area contributed by atoms with Crippen molar-refractivity contribution in [3.63, 3.8) is 0 Å². The second-order valence-electron chi connectivity index (χ2n) is 6.54. The van der Waals surface area contributed by atoms with Gasteiger partial charge in [0.1, 0.15) is 11.6 Å². The third kappa shape index (κ3) is 4.22. The topological polar surface area (TPSA) is 84.5 Å². The minimum atomic E-state index is -3.83. The van der Waals surface area contributed by atoms with E-state index in [0.717, 1.165) is 17.7 Å². The molecule has 0 radical (unpaired) electrons. The van der Waals surface area contributed by atoms with Gasteiger partial charge in [-0.15, -0.1) is 0 Å². The van der Waals surface area contributed by atoms with E-state index in [1.165, 1.54) is 24.3 Å². The number of amides is 1. The van der Waals surface area contributed by atoms with Crippen LogP contribution in [0.2, 0.25) is 0 Å². The van der Waals surface area contributed by atoms with Crippen molar-refractivity contribution in [2.75, 3.05) is 10.0 Å². The van der Waals surface area contributed by atoms with Crippen LogP contribution in [-0.2, 0) is 21.2 Å². The monoisotopic (exact) mass is 412 g/mol. The first-order valence-corrected chi connectivity index (χ1v) is 10.3. The summed E-state index contributed by atoms with van der Waals surface area (Å²) in [5.74, 6) is -0.0857. The fraction of sp³-hybridized carbons (Fsp3) is 0.0952. The van der Waals surface area contributed by atoms with Crippen LogP contribution in [0, 0.1) is 5.82 Å². The maximum atomic E-state index is 13.0. The van der Waals surface area contributed by atoms with E-state index in [4.69, 9.17) is 4.74 Å². The lowest BCUT2D eigenvalue weighted by molar-refractivity contribution is -0.122. The smallest absolute Gasteiger partial charge is 0.265 e. The summed E-state index contributed by atoms with van der Waals surface area (Å²) in [7, 11) is -3.83. The van der Waals surface area contributed by atoms with Crippen molar-refractivity contribution < 1.29 is 22.3 Å². The molecule has 148 valence electrons. The van der Waals surface area contributed by atoms with E-state index < -0.39 is 21.9 Å². The number of fused-ring (bicyclic) bond motifs is 1. The van der Waals surface area contributed by atoms with Crippen molar-refractivity contribution in [1.29, 1.82) is 0 Å². The zero-order valence-electron chi connectivity index (χ0n) is 15.1. The van der Waals surface area contributed by atoms with E-state index in [1.807, 2.05) is 24.3 Å². The molecule has 0 bridgehead atoms. The minimum Gasteiger partial charge on any atom is -0.480 e. The number of hydrogen-bond acceptors (Lipinski definition) is 4. The van der Waals surface area contributed by atoms with Crippen molar-refractivity contribution in [3.8, 4) is 5.75 Å². The first kappa shape index (κ1) is 18.9. The third-order valence-electron chi connectivity index (χ3n) is 4.47. The Bertz CT molecular complexity index is 1120. The van der Waals surface area contributed by atoms with Crippen LogP contribution < -0.4 is 14.8 Å². The van der Waals surface area contributed by atoms with Crippen LogP contribution in [0.5, 0.6) is 5.75 Å². The number of hydrogen-bond donors (Lipinski definition) is 2. The standard InChI is InChI=1S/C21H17FN2O4S/c22-15-5-11-18(12-6-15)29(26,27)24-17-9-7-16(8-10-17)23-21(25)20-13-14-3-1-2-4-19(14)28-20/h1-12,20,24H,13H2,(H,23,25)/t20-/m1/s1. The number of halogens is 1. The molecule has 0 unspecified atom stereocenters. The maximum absolute atomic E-state index is 13.0. The Hall–Kier alpha value is -3.39. The Kier molecular flexibility index (Phi) is 4.94. The summed E-state index contributed by atoms with van der Waals surface area (Å²) in [6.45, 7) is 0. The molecule has 3 aromatic carbocycles. The highest BCUT2D eigenvalue weighted by molar-refractivity contribution is 7.92. The van der Waals surface area contributed by atoms with E-state index in [2.05, 4.69) is 10.0 Å². The third-order valence-corrected chi connectivity index (χ3v) is 5.87. The Labute approximate surface area is 167 Å². The van der Waals surface area contributed by atoms with Crippen LogP contribution in [0.25, 0.3) is 0 Å². The molecule has 0 saturated heterocycles. The highest BCUT2D eigenvalue weighted by Gasteiger charge is 2.28. The lowest BCUT2D eigenvalue weighted by Gasteiger charge is -2.12. The number of benzene rings is 3. The number of rotatable bonds is 5.